The van der Waals surface area contributed by atoms with Crippen molar-refractivity contribution in [3.8, 4) is 0 Å². The standard InChI is InChI=1S/C14H14O/c15-9-10-1-4-12(5-2-10)14-8-11-3-6-13(14)7-11/h1-6,9,11,13-14H,7-8H2/t11-,13?,14-/m1/s1. The molecular formula is C14H14O. The van der Waals surface area contributed by atoms with Crippen molar-refractivity contribution < 1.29 is 4.79 Å². The van der Waals surface area contributed by atoms with Crippen LogP contribution in [-0.4, -0.2) is 6.29 Å². The van der Waals surface area contributed by atoms with E-state index in [1.54, 1.807) is 0 Å². The molecule has 0 radical (unpaired) electrons. The first-order chi connectivity index (χ1) is 7.36. The molecule has 2 aliphatic rings. The highest BCUT2D eigenvalue weighted by Crippen LogP contribution is 2.48. The lowest BCUT2D eigenvalue weighted by molar-refractivity contribution is 0.112. The monoisotopic (exact) mass is 198 g/mol. The highest BCUT2D eigenvalue weighted by molar-refractivity contribution is 5.74. The van der Waals surface area contributed by atoms with Crippen molar-refractivity contribution in [3.63, 3.8) is 0 Å². The van der Waals surface area contributed by atoms with Crippen molar-refractivity contribution in [2.75, 3.05) is 0 Å². The summed E-state index contributed by atoms with van der Waals surface area (Å²) in [5.74, 6) is 2.25. The first-order valence-corrected chi connectivity index (χ1v) is 5.60. The third kappa shape index (κ3) is 1.43. The van der Waals surface area contributed by atoms with Crippen molar-refractivity contribution in [1.82, 2.24) is 0 Å². The van der Waals surface area contributed by atoms with E-state index in [1.165, 1.54) is 18.4 Å². The number of hydrogen-bond acceptors (Lipinski definition) is 1. The van der Waals surface area contributed by atoms with Crippen LogP contribution in [0.25, 0.3) is 0 Å². The number of hydrogen-bond donors (Lipinski definition) is 0. The second-order valence-corrected chi connectivity index (χ2v) is 4.67. The van der Waals surface area contributed by atoms with Gasteiger partial charge in [0.25, 0.3) is 0 Å². The zero-order valence-corrected chi connectivity index (χ0v) is 8.60. The Hall–Kier alpha value is -1.37. The third-order valence-corrected chi connectivity index (χ3v) is 3.78. The van der Waals surface area contributed by atoms with E-state index in [2.05, 4.69) is 24.3 Å². The van der Waals surface area contributed by atoms with Crippen LogP contribution in [0.4, 0.5) is 0 Å². The lowest BCUT2D eigenvalue weighted by atomic mass is 9.86. The van der Waals surface area contributed by atoms with Gasteiger partial charge in [-0.15, -0.1) is 0 Å². The maximum atomic E-state index is 10.6. The maximum Gasteiger partial charge on any atom is 0.150 e. The summed E-state index contributed by atoms with van der Waals surface area (Å²) in [7, 11) is 0. The first-order valence-electron chi connectivity index (χ1n) is 5.60. The molecule has 1 aromatic rings. The van der Waals surface area contributed by atoms with Crippen molar-refractivity contribution in [2.45, 2.75) is 18.8 Å². The summed E-state index contributed by atoms with van der Waals surface area (Å²) < 4.78 is 0. The highest BCUT2D eigenvalue weighted by atomic mass is 16.1. The molecular weight excluding hydrogens is 184 g/mol. The molecule has 3 atom stereocenters. The Bertz CT molecular complexity index is 402. The number of allylic oxidation sites excluding steroid dienone is 2. The number of aldehydes is 1. The third-order valence-electron chi connectivity index (χ3n) is 3.78. The minimum Gasteiger partial charge on any atom is -0.298 e. The lowest BCUT2D eigenvalue weighted by Crippen LogP contribution is -2.04. The fraction of sp³-hybridized carbons (Fsp3) is 0.357. The fourth-order valence-corrected chi connectivity index (χ4v) is 2.99. The summed E-state index contributed by atoms with van der Waals surface area (Å²) >= 11 is 0. The van der Waals surface area contributed by atoms with Crippen LogP contribution in [0.5, 0.6) is 0 Å². The van der Waals surface area contributed by atoms with Gasteiger partial charge < -0.3 is 0 Å². The van der Waals surface area contributed by atoms with E-state index in [0.29, 0.717) is 5.92 Å². The largest absolute Gasteiger partial charge is 0.298 e. The Balaban J connectivity index is 1.87. The van der Waals surface area contributed by atoms with Gasteiger partial charge >= 0.3 is 0 Å². The minimum atomic E-state index is 0.695. The van der Waals surface area contributed by atoms with Gasteiger partial charge in [0.2, 0.25) is 0 Å². The van der Waals surface area contributed by atoms with Crippen molar-refractivity contribution in [3.05, 3.63) is 47.5 Å². The molecule has 2 aliphatic carbocycles. The van der Waals surface area contributed by atoms with Crippen molar-refractivity contribution in [2.24, 2.45) is 11.8 Å². The number of fused-ring (bicyclic) bond motifs is 2. The summed E-state index contributed by atoms with van der Waals surface area (Å²) in [4.78, 5) is 10.6. The number of benzene rings is 1. The van der Waals surface area contributed by atoms with E-state index >= 15 is 0 Å². The van der Waals surface area contributed by atoms with E-state index in [0.717, 1.165) is 23.7 Å². The van der Waals surface area contributed by atoms with Gasteiger partial charge in [0.15, 0.2) is 0 Å². The zero-order chi connectivity index (χ0) is 10.3. The number of rotatable bonds is 2. The molecule has 3 rings (SSSR count). The SMILES string of the molecule is O=Cc1ccc([C@H]2C[C@@H]3C=CC2C3)cc1. The Labute approximate surface area is 89.8 Å². The molecule has 1 heteroatoms. The summed E-state index contributed by atoms with van der Waals surface area (Å²) in [5.41, 5.74) is 2.18. The molecule has 0 aliphatic heterocycles. The second kappa shape index (κ2) is 3.34. The molecule has 0 saturated heterocycles. The molecule has 1 fully saturated rings. The second-order valence-electron chi connectivity index (χ2n) is 4.67. The predicted molar refractivity (Wildman–Crippen MR) is 59.9 cm³/mol. The predicted octanol–water partition coefficient (Wildman–Crippen LogP) is 3.18. The van der Waals surface area contributed by atoms with Crippen molar-refractivity contribution >= 4 is 6.29 Å². The molecule has 0 amide bonds. The summed E-state index contributed by atoms with van der Waals surface area (Å²) in [6.45, 7) is 0. The van der Waals surface area contributed by atoms with E-state index in [-0.39, 0.29) is 0 Å². The topological polar surface area (TPSA) is 17.1 Å². The van der Waals surface area contributed by atoms with Gasteiger partial charge in [0.1, 0.15) is 6.29 Å². The van der Waals surface area contributed by atoms with Crippen LogP contribution in [0.3, 0.4) is 0 Å². The van der Waals surface area contributed by atoms with Gasteiger partial charge in [-0.1, -0.05) is 36.4 Å². The van der Waals surface area contributed by atoms with Gasteiger partial charge in [0, 0.05) is 5.56 Å². The molecule has 0 N–H and O–H groups in total. The smallest absolute Gasteiger partial charge is 0.150 e. The number of carbonyl (C=O) groups excluding carboxylic acids is 1. The summed E-state index contributed by atoms with van der Waals surface area (Å²) in [5, 5.41) is 0. The normalized spacial score (nSPS) is 32.1. The Morgan fingerprint density at radius 2 is 1.87 bits per heavy atom. The van der Waals surface area contributed by atoms with Gasteiger partial charge in [-0.2, -0.15) is 0 Å². The average molecular weight is 198 g/mol. The highest BCUT2D eigenvalue weighted by Gasteiger charge is 2.36. The molecule has 1 aromatic carbocycles. The lowest BCUT2D eigenvalue weighted by Gasteiger charge is -2.18. The molecule has 0 spiro atoms. The Morgan fingerprint density at radius 1 is 1.07 bits per heavy atom. The quantitative estimate of drug-likeness (QED) is 0.527. The van der Waals surface area contributed by atoms with Crippen LogP contribution in [0.15, 0.2) is 36.4 Å². The maximum absolute atomic E-state index is 10.6. The Kier molecular flexibility index (Phi) is 1.98. The van der Waals surface area contributed by atoms with E-state index in [9.17, 15) is 4.79 Å². The molecule has 2 bridgehead atoms. The molecule has 1 unspecified atom stereocenters. The molecule has 1 saturated carbocycles. The number of carbonyl (C=O) groups is 1. The van der Waals surface area contributed by atoms with E-state index < -0.39 is 0 Å². The molecule has 15 heavy (non-hydrogen) atoms. The minimum absolute atomic E-state index is 0.695. The van der Waals surface area contributed by atoms with Crippen LogP contribution in [0, 0.1) is 11.8 Å². The van der Waals surface area contributed by atoms with Gasteiger partial charge in [0.05, 0.1) is 0 Å². The molecule has 0 heterocycles. The molecule has 0 aromatic heterocycles. The molecule has 1 nitrogen and oxygen atoms in total. The van der Waals surface area contributed by atoms with Gasteiger partial charge in [-0.3, -0.25) is 4.79 Å². The van der Waals surface area contributed by atoms with Crippen LogP contribution in [0.2, 0.25) is 0 Å². The molecule has 76 valence electrons. The van der Waals surface area contributed by atoms with E-state index in [4.69, 9.17) is 0 Å². The van der Waals surface area contributed by atoms with Crippen molar-refractivity contribution in [1.29, 1.82) is 0 Å². The average Bonchev–Trinajstić information content (AvgIpc) is 2.91. The van der Waals surface area contributed by atoms with Gasteiger partial charge in [-0.25, -0.2) is 0 Å². The fourth-order valence-electron chi connectivity index (χ4n) is 2.99. The Morgan fingerprint density at radius 3 is 2.40 bits per heavy atom. The summed E-state index contributed by atoms with van der Waals surface area (Å²) in [6, 6.07) is 8.09. The summed E-state index contributed by atoms with van der Waals surface area (Å²) in [6.07, 6.45) is 8.26. The van der Waals surface area contributed by atoms with Crippen LogP contribution >= 0.6 is 0 Å². The van der Waals surface area contributed by atoms with E-state index in [1.807, 2.05) is 12.1 Å². The van der Waals surface area contributed by atoms with Crippen LogP contribution in [0.1, 0.15) is 34.7 Å². The zero-order valence-electron chi connectivity index (χ0n) is 8.60. The van der Waals surface area contributed by atoms with Crippen LogP contribution in [-0.2, 0) is 0 Å². The van der Waals surface area contributed by atoms with Crippen LogP contribution < -0.4 is 0 Å². The first kappa shape index (κ1) is 8.90. The van der Waals surface area contributed by atoms with Gasteiger partial charge in [-0.05, 0) is 36.2 Å².